The van der Waals surface area contributed by atoms with E-state index in [4.69, 9.17) is 5.73 Å². The normalized spacial score (nSPS) is 25.2. The molecule has 2 rings (SSSR count). The van der Waals surface area contributed by atoms with E-state index in [1.807, 2.05) is 6.07 Å². The molecule has 1 saturated carbocycles. The molecule has 1 aliphatic rings. The van der Waals surface area contributed by atoms with Crippen molar-refractivity contribution in [2.75, 3.05) is 13.2 Å². The maximum absolute atomic E-state index is 13.3. The van der Waals surface area contributed by atoms with Crippen LogP contribution in [-0.4, -0.2) is 24.3 Å². The average molecular weight is 266 g/mol. The highest BCUT2D eigenvalue weighted by Crippen LogP contribution is 2.26. The van der Waals surface area contributed by atoms with Gasteiger partial charge in [-0.25, -0.2) is 4.39 Å². The maximum Gasteiger partial charge on any atom is 0.123 e. The Bertz CT molecular complexity index is 399. The van der Waals surface area contributed by atoms with Gasteiger partial charge in [0.05, 0.1) is 0 Å². The number of hydrogen-bond acceptors (Lipinski definition) is 3. The van der Waals surface area contributed by atoms with Crippen molar-refractivity contribution in [1.29, 1.82) is 0 Å². The van der Waals surface area contributed by atoms with Crippen molar-refractivity contribution in [3.63, 3.8) is 0 Å². The van der Waals surface area contributed by atoms with Crippen molar-refractivity contribution in [2.45, 2.75) is 37.8 Å². The lowest BCUT2D eigenvalue weighted by molar-refractivity contribution is 0.146. The molecule has 3 atom stereocenters. The zero-order valence-electron chi connectivity index (χ0n) is 11.2. The second kappa shape index (κ2) is 6.98. The highest BCUT2D eigenvalue weighted by atomic mass is 19.1. The van der Waals surface area contributed by atoms with Crippen LogP contribution in [0, 0.1) is 11.7 Å². The molecule has 0 aromatic heterocycles. The standard InChI is InChI=1S/C15H23FN2O/c16-13-6-3-5-11(8-13)15(9-17)18-14-7-2-1-4-12(14)10-19/h3,5-6,8,12,14-15,18-19H,1-2,4,7,9-10,17H2. The number of halogens is 1. The number of hydrogen-bond donors (Lipinski definition) is 3. The molecule has 0 spiro atoms. The molecule has 4 heteroatoms. The van der Waals surface area contributed by atoms with E-state index in [2.05, 4.69) is 5.32 Å². The SMILES string of the molecule is NCC(NC1CCCCC1CO)c1cccc(F)c1. The summed E-state index contributed by atoms with van der Waals surface area (Å²) in [7, 11) is 0. The average Bonchev–Trinajstić information content (AvgIpc) is 2.45. The zero-order valence-corrected chi connectivity index (χ0v) is 11.2. The first-order chi connectivity index (χ1) is 9.24. The third kappa shape index (κ3) is 3.75. The Morgan fingerprint density at radius 3 is 2.84 bits per heavy atom. The van der Waals surface area contributed by atoms with Crippen LogP contribution >= 0.6 is 0 Å². The van der Waals surface area contributed by atoms with Crippen LogP contribution in [-0.2, 0) is 0 Å². The Labute approximate surface area is 114 Å². The summed E-state index contributed by atoms with van der Waals surface area (Å²) in [5.41, 5.74) is 6.69. The van der Waals surface area contributed by atoms with E-state index >= 15 is 0 Å². The molecule has 1 fully saturated rings. The van der Waals surface area contributed by atoms with Gasteiger partial charge in [0.2, 0.25) is 0 Å². The molecule has 3 nitrogen and oxygen atoms in total. The molecule has 4 N–H and O–H groups in total. The van der Waals surface area contributed by atoms with Gasteiger partial charge in [0.25, 0.3) is 0 Å². The second-order valence-corrected chi connectivity index (χ2v) is 5.34. The second-order valence-electron chi connectivity index (χ2n) is 5.34. The molecule has 3 unspecified atom stereocenters. The van der Waals surface area contributed by atoms with Crippen LogP contribution in [0.25, 0.3) is 0 Å². The molecule has 1 aromatic rings. The lowest BCUT2D eigenvalue weighted by Crippen LogP contribution is -2.44. The van der Waals surface area contributed by atoms with Crippen molar-refractivity contribution >= 4 is 0 Å². The molecule has 0 bridgehead atoms. The minimum atomic E-state index is -0.236. The number of aliphatic hydroxyl groups is 1. The molecule has 0 saturated heterocycles. The van der Waals surface area contributed by atoms with Gasteiger partial charge >= 0.3 is 0 Å². The van der Waals surface area contributed by atoms with Gasteiger partial charge < -0.3 is 16.2 Å². The smallest absolute Gasteiger partial charge is 0.123 e. The van der Waals surface area contributed by atoms with E-state index in [9.17, 15) is 9.50 Å². The number of aliphatic hydroxyl groups excluding tert-OH is 1. The fourth-order valence-electron chi connectivity index (χ4n) is 2.93. The quantitative estimate of drug-likeness (QED) is 0.763. The Kier molecular flexibility index (Phi) is 5.31. The monoisotopic (exact) mass is 266 g/mol. The van der Waals surface area contributed by atoms with Gasteiger partial charge in [-0.1, -0.05) is 25.0 Å². The summed E-state index contributed by atoms with van der Waals surface area (Å²) in [6.45, 7) is 0.635. The first kappa shape index (κ1) is 14.4. The van der Waals surface area contributed by atoms with Crippen LogP contribution in [0.5, 0.6) is 0 Å². The van der Waals surface area contributed by atoms with Crippen molar-refractivity contribution in [1.82, 2.24) is 5.32 Å². The first-order valence-electron chi connectivity index (χ1n) is 7.07. The van der Waals surface area contributed by atoms with Crippen LogP contribution in [0.1, 0.15) is 37.3 Å². The van der Waals surface area contributed by atoms with E-state index in [1.54, 1.807) is 6.07 Å². The third-order valence-electron chi connectivity index (χ3n) is 4.05. The Balaban J connectivity index is 2.05. The minimum Gasteiger partial charge on any atom is -0.396 e. The summed E-state index contributed by atoms with van der Waals surface area (Å²) in [6, 6.07) is 6.79. The maximum atomic E-state index is 13.3. The Morgan fingerprint density at radius 2 is 2.16 bits per heavy atom. The molecule has 0 aliphatic heterocycles. The van der Waals surface area contributed by atoms with Gasteiger partial charge in [0.1, 0.15) is 5.82 Å². The molecular weight excluding hydrogens is 243 g/mol. The molecule has 0 heterocycles. The number of rotatable bonds is 5. The van der Waals surface area contributed by atoms with Crippen molar-refractivity contribution in [3.05, 3.63) is 35.6 Å². The van der Waals surface area contributed by atoms with Gasteiger partial charge in [0, 0.05) is 25.2 Å². The van der Waals surface area contributed by atoms with Gasteiger partial charge in [-0.15, -0.1) is 0 Å². The largest absolute Gasteiger partial charge is 0.396 e. The van der Waals surface area contributed by atoms with Crippen molar-refractivity contribution < 1.29 is 9.50 Å². The first-order valence-corrected chi connectivity index (χ1v) is 7.07. The van der Waals surface area contributed by atoms with E-state index in [0.717, 1.165) is 18.4 Å². The molecule has 1 aliphatic carbocycles. The van der Waals surface area contributed by atoms with Gasteiger partial charge in [0.15, 0.2) is 0 Å². The summed E-state index contributed by atoms with van der Waals surface area (Å²) < 4.78 is 13.3. The van der Waals surface area contributed by atoms with E-state index in [0.29, 0.717) is 6.54 Å². The van der Waals surface area contributed by atoms with Gasteiger partial charge in [-0.05, 0) is 36.5 Å². The lowest BCUT2D eigenvalue weighted by Gasteiger charge is -2.34. The van der Waals surface area contributed by atoms with Gasteiger partial charge in [-0.3, -0.25) is 0 Å². The number of nitrogens with two attached hydrogens (primary N) is 1. The summed E-state index contributed by atoms with van der Waals surface area (Å²) in [5, 5.41) is 12.9. The van der Waals surface area contributed by atoms with E-state index < -0.39 is 0 Å². The highest BCUT2D eigenvalue weighted by Gasteiger charge is 2.26. The van der Waals surface area contributed by atoms with E-state index in [1.165, 1.54) is 25.0 Å². The minimum absolute atomic E-state index is 0.0483. The highest BCUT2D eigenvalue weighted by molar-refractivity contribution is 5.20. The van der Waals surface area contributed by atoms with Crippen molar-refractivity contribution in [2.24, 2.45) is 11.7 Å². The summed E-state index contributed by atoms with van der Waals surface area (Å²) in [5.74, 6) is 0.0523. The van der Waals surface area contributed by atoms with Crippen LogP contribution in [0.4, 0.5) is 4.39 Å². The molecule has 0 radical (unpaired) electrons. The lowest BCUT2D eigenvalue weighted by atomic mass is 9.84. The molecule has 19 heavy (non-hydrogen) atoms. The third-order valence-corrected chi connectivity index (χ3v) is 4.05. The Hall–Kier alpha value is -0.970. The predicted octanol–water partition coefficient (Wildman–Crippen LogP) is 1.97. The Morgan fingerprint density at radius 1 is 1.37 bits per heavy atom. The number of benzene rings is 1. The molecular formula is C15H23FN2O. The summed E-state index contributed by atoms with van der Waals surface area (Å²) in [4.78, 5) is 0. The molecule has 0 amide bonds. The number of nitrogens with one attached hydrogen (secondary N) is 1. The fourth-order valence-corrected chi connectivity index (χ4v) is 2.93. The van der Waals surface area contributed by atoms with Crippen LogP contribution in [0.2, 0.25) is 0 Å². The zero-order chi connectivity index (χ0) is 13.7. The van der Waals surface area contributed by atoms with Crippen LogP contribution in [0.3, 0.4) is 0 Å². The van der Waals surface area contributed by atoms with Crippen LogP contribution < -0.4 is 11.1 Å². The van der Waals surface area contributed by atoms with Crippen molar-refractivity contribution in [3.8, 4) is 0 Å². The summed E-state index contributed by atoms with van der Waals surface area (Å²) >= 11 is 0. The van der Waals surface area contributed by atoms with Crippen LogP contribution in [0.15, 0.2) is 24.3 Å². The predicted molar refractivity (Wildman–Crippen MR) is 74.2 cm³/mol. The summed E-state index contributed by atoms with van der Waals surface area (Å²) in [6.07, 6.45) is 4.46. The van der Waals surface area contributed by atoms with E-state index in [-0.39, 0.29) is 30.4 Å². The fraction of sp³-hybridized carbons (Fsp3) is 0.600. The topological polar surface area (TPSA) is 58.3 Å². The molecule has 1 aromatic carbocycles. The molecule has 106 valence electrons. The van der Waals surface area contributed by atoms with Gasteiger partial charge in [-0.2, -0.15) is 0 Å².